The molecule has 0 saturated heterocycles. The highest BCUT2D eigenvalue weighted by Crippen LogP contribution is 2.41. The van der Waals surface area contributed by atoms with Crippen LogP contribution in [0.3, 0.4) is 0 Å². The van der Waals surface area contributed by atoms with Gasteiger partial charge in [-0.15, -0.1) is 0 Å². The van der Waals surface area contributed by atoms with Gasteiger partial charge in [0.05, 0.1) is 20.3 Å². The molecule has 1 aliphatic heterocycles. The van der Waals surface area contributed by atoms with Crippen molar-refractivity contribution < 1.29 is 14.3 Å². The summed E-state index contributed by atoms with van der Waals surface area (Å²) in [5.74, 6) is 1.02. The Morgan fingerprint density at radius 1 is 0.971 bits per heavy atom. The highest BCUT2D eigenvalue weighted by Gasteiger charge is 2.35. The lowest BCUT2D eigenvalue weighted by Gasteiger charge is -2.38. The molecule has 0 radical (unpaired) electrons. The lowest BCUT2D eigenvalue weighted by Crippen LogP contribution is -2.42. The molecule has 7 heteroatoms. The van der Waals surface area contributed by atoms with E-state index in [1.54, 1.807) is 43.6 Å². The van der Waals surface area contributed by atoms with E-state index in [4.69, 9.17) is 9.47 Å². The number of fused-ring (bicyclic) bond motifs is 2. The number of methoxy groups -OCH3 is 2. The first-order chi connectivity index (χ1) is 16.9. The van der Waals surface area contributed by atoms with E-state index < -0.39 is 6.04 Å². The van der Waals surface area contributed by atoms with Crippen molar-refractivity contribution in [1.82, 2.24) is 14.9 Å². The zero-order valence-corrected chi connectivity index (χ0v) is 20.2. The molecule has 0 aliphatic carbocycles. The van der Waals surface area contributed by atoms with E-state index in [2.05, 4.69) is 16.0 Å². The van der Waals surface area contributed by atoms with E-state index in [0.29, 0.717) is 35.6 Å². The van der Waals surface area contributed by atoms with Gasteiger partial charge in [-0.2, -0.15) is 0 Å². The van der Waals surface area contributed by atoms with E-state index in [-0.39, 0.29) is 11.5 Å². The number of pyridine rings is 2. The molecule has 1 amide bonds. The molecule has 35 heavy (non-hydrogen) atoms. The van der Waals surface area contributed by atoms with Gasteiger partial charge in [-0.1, -0.05) is 0 Å². The van der Waals surface area contributed by atoms with Gasteiger partial charge >= 0.3 is 0 Å². The predicted octanol–water partition coefficient (Wildman–Crippen LogP) is 4.35. The van der Waals surface area contributed by atoms with Crippen molar-refractivity contribution in [3.8, 4) is 11.5 Å². The Kier molecular flexibility index (Phi) is 5.76. The molecule has 0 fully saturated rings. The van der Waals surface area contributed by atoms with Crippen molar-refractivity contribution in [2.45, 2.75) is 26.3 Å². The number of rotatable bonds is 4. The highest BCUT2D eigenvalue weighted by molar-refractivity contribution is 5.95. The van der Waals surface area contributed by atoms with Crippen molar-refractivity contribution in [2.75, 3.05) is 20.8 Å². The van der Waals surface area contributed by atoms with Crippen LogP contribution in [0, 0.1) is 13.8 Å². The van der Waals surface area contributed by atoms with Gasteiger partial charge in [-0.25, -0.2) is 0 Å². The maximum atomic E-state index is 13.7. The average molecular weight is 470 g/mol. The summed E-state index contributed by atoms with van der Waals surface area (Å²) < 4.78 is 11.1. The van der Waals surface area contributed by atoms with E-state index in [0.717, 1.165) is 33.2 Å². The molecule has 2 aromatic carbocycles. The van der Waals surface area contributed by atoms with E-state index in [9.17, 15) is 9.59 Å². The summed E-state index contributed by atoms with van der Waals surface area (Å²) in [5.41, 5.74) is 5.70. The fourth-order valence-electron chi connectivity index (χ4n) is 4.86. The van der Waals surface area contributed by atoms with Gasteiger partial charge in [-0.3, -0.25) is 14.6 Å². The monoisotopic (exact) mass is 469 g/mol. The summed E-state index contributed by atoms with van der Waals surface area (Å²) in [6.45, 7) is 4.53. The normalized spacial score (nSPS) is 15.1. The summed E-state index contributed by atoms with van der Waals surface area (Å²) in [6.07, 6.45) is 3.83. The summed E-state index contributed by atoms with van der Waals surface area (Å²) in [4.78, 5) is 36.0. The van der Waals surface area contributed by atoms with Gasteiger partial charge in [-0.05, 0) is 90.4 Å². The van der Waals surface area contributed by atoms with Crippen LogP contribution >= 0.6 is 0 Å². The number of aromatic nitrogens is 2. The van der Waals surface area contributed by atoms with Crippen molar-refractivity contribution in [1.29, 1.82) is 0 Å². The Balaban J connectivity index is 1.74. The Morgan fingerprint density at radius 3 is 2.37 bits per heavy atom. The Bertz CT molecular complexity index is 1490. The zero-order valence-electron chi connectivity index (χ0n) is 20.2. The van der Waals surface area contributed by atoms with Gasteiger partial charge in [0.25, 0.3) is 11.5 Å². The standard InChI is InChI=1S/C28H27N3O4/c1-16-11-20-13-22(27(32)30-23(20)12-17(16)2)26-21-15-25(35-4)24(34-3)14-19(21)7-10-31(26)28(33)18-5-8-29-9-6-18/h5-6,8-9,11-15,26H,7,10H2,1-4H3,(H,30,32). The van der Waals surface area contributed by atoms with Gasteiger partial charge in [0.15, 0.2) is 11.5 Å². The van der Waals surface area contributed by atoms with Gasteiger partial charge in [0.1, 0.15) is 0 Å². The van der Waals surface area contributed by atoms with Crippen LogP contribution < -0.4 is 15.0 Å². The maximum Gasteiger partial charge on any atom is 0.254 e. The van der Waals surface area contributed by atoms with Crippen LogP contribution in [0.25, 0.3) is 10.9 Å². The number of carbonyl (C=O) groups is 1. The molecule has 1 atom stereocenters. The first-order valence-corrected chi connectivity index (χ1v) is 11.5. The fourth-order valence-corrected chi connectivity index (χ4v) is 4.86. The van der Waals surface area contributed by atoms with Crippen molar-refractivity contribution in [2.24, 2.45) is 0 Å². The zero-order chi connectivity index (χ0) is 24.7. The molecule has 2 aromatic heterocycles. The largest absolute Gasteiger partial charge is 0.493 e. The smallest absolute Gasteiger partial charge is 0.254 e. The number of H-pyrrole nitrogens is 1. The Hall–Kier alpha value is -4.13. The van der Waals surface area contributed by atoms with Crippen molar-refractivity contribution in [3.63, 3.8) is 0 Å². The third kappa shape index (κ3) is 3.93. The van der Waals surface area contributed by atoms with Crippen LogP contribution in [0.5, 0.6) is 11.5 Å². The molecule has 178 valence electrons. The van der Waals surface area contributed by atoms with E-state index in [1.165, 1.54) is 0 Å². The van der Waals surface area contributed by atoms with Crippen molar-refractivity contribution in [3.05, 3.63) is 98.6 Å². The summed E-state index contributed by atoms with van der Waals surface area (Å²) in [6, 6.07) is 12.6. The molecule has 0 saturated carbocycles. The number of amides is 1. The van der Waals surface area contributed by atoms with Crippen LogP contribution in [-0.4, -0.2) is 41.5 Å². The van der Waals surface area contributed by atoms with Gasteiger partial charge < -0.3 is 19.4 Å². The number of aromatic amines is 1. The first kappa shape index (κ1) is 22.7. The SMILES string of the molecule is COc1cc2c(cc1OC)C(c1cc3cc(C)c(C)cc3[nH]c1=O)N(C(=O)c1ccncc1)CC2. The maximum absolute atomic E-state index is 13.7. The van der Waals surface area contributed by atoms with E-state index >= 15 is 0 Å². The van der Waals surface area contributed by atoms with Crippen LogP contribution in [0.4, 0.5) is 0 Å². The third-order valence-corrected chi connectivity index (χ3v) is 6.84. The summed E-state index contributed by atoms with van der Waals surface area (Å²) in [5, 5.41) is 0.923. The predicted molar refractivity (Wildman–Crippen MR) is 134 cm³/mol. The number of nitrogens with one attached hydrogen (secondary N) is 1. The number of ether oxygens (including phenoxy) is 2. The number of carbonyl (C=O) groups excluding carboxylic acids is 1. The molecule has 0 bridgehead atoms. The second kappa shape index (κ2) is 8.91. The third-order valence-electron chi connectivity index (χ3n) is 6.84. The number of nitrogens with zero attached hydrogens (tertiary/aromatic N) is 2. The molecular weight excluding hydrogens is 442 g/mol. The highest BCUT2D eigenvalue weighted by atomic mass is 16.5. The summed E-state index contributed by atoms with van der Waals surface area (Å²) >= 11 is 0. The molecule has 7 nitrogen and oxygen atoms in total. The molecule has 1 unspecified atom stereocenters. The molecule has 0 spiro atoms. The second-order valence-corrected chi connectivity index (χ2v) is 8.87. The average Bonchev–Trinajstić information content (AvgIpc) is 2.88. The molecule has 1 aliphatic rings. The van der Waals surface area contributed by atoms with Crippen LogP contribution in [-0.2, 0) is 6.42 Å². The molecule has 4 aromatic rings. The fraction of sp³-hybridized carbons (Fsp3) is 0.250. The first-order valence-electron chi connectivity index (χ1n) is 11.5. The number of benzene rings is 2. The van der Waals surface area contributed by atoms with Crippen LogP contribution in [0.15, 0.2) is 59.7 Å². The second-order valence-electron chi connectivity index (χ2n) is 8.87. The summed E-state index contributed by atoms with van der Waals surface area (Å²) in [7, 11) is 3.18. The molecule has 1 N–H and O–H groups in total. The molecule has 5 rings (SSSR count). The van der Waals surface area contributed by atoms with E-state index in [1.807, 2.05) is 38.1 Å². The molecule has 3 heterocycles. The quantitative estimate of drug-likeness (QED) is 0.481. The minimum atomic E-state index is -0.589. The topological polar surface area (TPSA) is 84.5 Å². The van der Waals surface area contributed by atoms with Crippen LogP contribution in [0.1, 0.15) is 44.2 Å². The number of aryl methyl sites for hydroxylation is 2. The number of hydrogen-bond acceptors (Lipinski definition) is 5. The van der Waals surface area contributed by atoms with Crippen LogP contribution in [0.2, 0.25) is 0 Å². The minimum Gasteiger partial charge on any atom is -0.493 e. The Labute approximate surface area is 203 Å². The van der Waals surface area contributed by atoms with Gasteiger partial charge in [0, 0.05) is 35.6 Å². The minimum absolute atomic E-state index is 0.155. The van der Waals surface area contributed by atoms with Gasteiger partial charge in [0.2, 0.25) is 0 Å². The number of hydrogen-bond donors (Lipinski definition) is 1. The molecular formula is C28H27N3O4. The lowest BCUT2D eigenvalue weighted by atomic mass is 9.87. The Morgan fingerprint density at radius 2 is 1.66 bits per heavy atom. The lowest BCUT2D eigenvalue weighted by molar-refractivity contribution is 0.0693. The van der Waals surface area contributed by atoms with Crippen molar-refractivity contribution >= 4 is 16.8 Å².